The maximum atomic E-state index is 6.12. The number of hydrogen-bond donors (Lipinski definition) is 0. The van der Waals surface area contributed by atoms with Crippen LogP contribution in [0.3, 0.4) is 0 Å². The van der Waals surface area contributed by atoms with Crippen LogP contribution < -0.4 is 9.47 Å². The van der Waals surface area contributed by atoms with E-state index in [9.17, 15) is 0 Å². The van der Waals surface area contributed by atoms with Gasteiger partial charge < -0.3 is 9.47 Å². The van der Waals surface area contributed by atoms with Crippen LogP contribution in [0, 0.1) is 6.92 Å². The average molecular weight is 270 g/mol. The lowest BCUT2D eigenvalue weighted by Crippen LogP contribution is -1.90. The molecule has 0 saturated heterocycles. The maximum Gasteiger partial charge on any atom is 0.224 e. The first-order valence-corrected chi connectivity index (χ1v) is 6.25. The van der Waals surface area contributed by atoms with Gasteiger partial charge in [0.15, 0.2) is 0 Å². The molecule has 0 radical (unpaired) electrons. The van der Waals surface area contributed by atoms with Crippen LogP contribution in [0.15, 0.2) is 17.5 Å². The molecule has 0 atom stereocenters. The Bertz CT molecular complexity index is 539. The molecule has 0 fully saturated rings. The van der Waals surface area contributed by atoms with Gasteiger partial charge in [-0.1, -0.05) is 11.6 Å². The smallest absolute Gasteiger partial charge is 0.224 e. The van der Waals surface area contributed by atoms with Gasteiger partial charge in [0.2, 0.25) is 5.88 Å². The molecule has 0 amide bonds. The SMILES string of the molecule is COc1csc(-c2cc(Cl)c(C)cc2OC)n1. The van der Waals surface area contributed by atoms with Crippen LogP contribution in [0.2, 0.25) is 5.02 Å². The van der Waals surface area contributed by atoms with Gasteiger partial charge in [0.25, 0.3) is 0 Å². The number of thiazole rings is 1. The summed E-state index contributed by atoms with van der Waals surface area (Å²) in [5.74, 6) is 1.37. The molecule has 3 nitrogen and oxygen atoms in total. The molecule has 0 aliphatic rings. The van der Waals surface area contributed by atoms with E-state index in [0.29, 0.717) is 10.9 Å². The molecule has 0 spiro atoms. The molecule has 0 aliphatic heterocycles. The fraction of sp³-hybridized carbons (Fsp3) is 0.250. The van der Waals surface area contributed by atoms with Gasteiger partial charge in [-0.15, -0.1) is 11.3 Å². The van der Waals surface area contributed by atoms with Crippen LogP contribution in [0.1, 0.15) is 5.56 Å². The fourth-order valence-corrected chi connectivity index (χ4v) is 2.42. The van der Waals surface area contributed by atoms with E-state index >= 15 is 0 Å². The number of aryl methyl sites for hydroxylation is 1. The molecule has 2 aromatic rings. The Morgan fingerprint density at radius 1 is 1.24 bits per heavy atom. The van der Waals surface area contributed by atoms with Gasteiger partial charge in [0.05, 0.1) is 25.2 Å². The zero-order valence-electron chi connectivity index (χ0n) is 9.78. The van der Waals surface area contributed by atoms with Gasteiger partial charge in [0, 0.05) is 5.02 Å². The molecule has 5 heteroatoms. The highest BCUT2D eigenvalue weighted by Crippen LogP contribution is 2.37. The van der Waals surface area contributed by atoms with Crippen LogP contribution in [0.5, 0.6) is 11.6 Å². The second-order valence-corrected chi connectivity index (χ2v) is 4.76. The van der Waals surface area contributed by atoms with Crippen LogP contribution in [0.25, 0.3) is 10.6 Å². The standard InChI is InChI=1S/C12H12ClNO2S/c1-7-4-10(15-2)8(5-9(7)13)12-14-11(16-3)6-17-12/h4-6H,1-3H3. The molecular formula is C12H12ClNO2S. The number of hydrogen-bond acceptors (Lipinski definition) is 4. The van der Waals surface area contributed by atoms with Gasteiger partial charge in [-0.05, 0) is 24.6 Å². The second kappa shape index (κ2) is 4.94. The predicted octanol–water partition coefficient (Wildman–Crippen LogP) is 3.79. The van der Waals surface area contributed by atoms with E-state index in [-0.39, 0.29) is 0 Å². The molecule has 0 unspecified atom stereocenters. The number of methoxy groups -OCH3 is 2. The molecule has 0 saturated carbocycles. The average Bonchev–Trinajstić information content (AvgIpc) is 2.80. The molecule has 1 aromatic heterocycles. The summed E-state index contributed by atoms with van der Waals surface area (Å²) >= 11 is 7.62. The van der Waals surface area contributed by atoms with E-state index < -0.39 is 0 Å². The highest BCUT2D eigenvalue weighted by atomic mass is 35.5. The molecule has 0 aliphatic carbocycles. The summed E-state index contributed by atoms with van der Waals surface area (Å²) in [4.78, 5) is 4.34. The molecule has 17 heavy (non-hydrogen) atoms. The summed E-state index contributed by atoms with van der Waals surface area (Å²) in [6, 6.07) is 3.78. The topological polar surface area (TPSA) is 31.4 Å². The molecule has 1 heterocycles. The van der Waals surface area contributed by atoms with Crippen LogP contribution in [0.4, 0.5) is 0 Å². The summed E-state index contributed by atoms with van der Waals surface area (Å²) in [6.45, 7) is 1.94. The van der Waals surface area contributed by atoms with Gasteiger partial charge in [-0.25, -0.2) is 4.98 Å². The number of aromatic nitrogens is 1. The molecule has 2 rings (SSSR count). The van der Waals surface area contributed by atoms with Crippen molar-refractivity contribution in [2.45, 2.75) is 6.92 Å². The van der Waals surface area contributed by atoms with Crippen molar-refractivity contribution >= 4 is 22.9 Å². The van der Waals surface area contributed by atoms with E-state index in [1.807, 2.05) is 24.4 Å². The van der Waals surface area contributed by atoms with Gasteiger partial charge in [0.1, 0.15) is 10.8 Å². The number of benzene rings is 1. The third-order valence-corrected chi connectivity index (χ3v) is 3.66. The summed E-state index contributed by atoms with van der Waals surface area (Å²) in [5.41, 5.74) is 1.87. The molecule has 90 valence electrons. The molecule has 1 aromatic carbocycles. The summed E-state index contributed by atoms with van der Waals surface area (Å²) in [6.07, 6.45) is 0. The lowest BCUT2D eigenvalue weighted by molar-refractivity contribution is 0.400. The lowest BCUT2D eigenvalue weighted by atomic mass is 10.1. The minimum absolute atomic E-state index is 0.601. The predicted molar refractivity (Wildman–Crippen MR) is 70.4 cm³/mol. The van der Waals surface area contributed by atoms with Crippen LogP contribution in [-0.2, 0) is 0 Å². The Hall–Kier alpha value is -1.26. The number of halogens is 1. The van der Waals surface area contributed by atoms with E-state index in [1.54, 1.807) is 14.2 Å². The largest absolute Gasteiger partial charge is 0.496 e. The normalized spacial score (nSPS) is 10.4. The Morgan fingerprint density at radius 2 is 2.00 bits per heavy atom. The lowest BCUT2D eigenvalue weighted by Gasteiger charge is -2.08. The zero-order valence-corrected chi connectivity index (χ0v) is 11.4. The quantitative estimate of drug-likeness (QED) is 0.850. The minimum Gasteiger partial charge on any atom is -0.496 e. The van der Waals surface area contributed by atoms with Crippen molar-refractivity contribution in [2.24, 2.45) is 0 Å². The molecule has 0 N–H and O–H groups in total. The summed E-state index contributed by atoms with van der Waals surface area (Å²) in [7, 11) is 3.23. The van der Waals surface area contributed by atoms with E-state index in [4.69, 9.17) is 21.1 Å². The summed E-state index contributed by atoms with van der Waals surface area (Å²) < 4.78 is 10.4. The van der Waals surface area contributed by atoms with Gasteiger partial charge in [-0.3, -0.25) is 0 Å². The van der Waals surface area contributed by atoms with E-state index in [1.165, 1.54) is 11.3 Å². The van der Waals surface area contributed by atoms with Crippen molar-refractivity contribution in [1.82, 2.24) is 4.98 Å². The first kappa shape index (κ1) is 12.2. The summed E-state index contributed by atoms with van der Waals surface area (Å²) in [5, 5.41) is 3.39. The Kier molecular flexibility index (Phi) is 3.54. The van der Waals surface area contributed by atoms with E-state index in [0.717, 1.165) is 21.9 Å². The highest BCUT2D eigenvalue weighted by Gasteiger charge is 2.12. The molecular weight excluding hydrogens is 258 g/mol. The Morgan fingerprint density at radius 3 is 2.59 bits per heavy atom. The van der Waals surface area contributed by atoms with Crippen molar-refractivity contribution in [3.63, 3.8) is 0 Å². The Balaban J connectivity index is 2.53. The minimum atomic E-state index is 0.601. The van der Waals surface area contributed by atoms with E-state index in [2.05, 4.69) is 4.98 Å². The van der Waals surface area contributed by atoms with Crippen LogP contribution >= 0.6 is 22.9 Å². The maximum absolute atomic E-state index is 6.12. The van der Waals surface area contributed by atoms with Crippen molar-refractivity contribution in [3.8, 4) is 22.2 Å². The monoisotopic (exact) mass is 269 g/mol. The highest BCUT2D eigenvalue weighted by molar-refractivity contribution is 7.13. The zero-order chi connectivity index (χ0) is 12.4. The first-order chi connectivity index (χ1) is 8.15. The third-order valence-electron chi connectivity index (χ3n) is 2.40. The fourth-order valence-electron chi connectivity index (χ4n) is 1.47. The second-order valence-electron chi connectivity index (χ2n) is 3.50. The van der Waals surface area contributed by atoms with Crippen molar-refractivity contribution in [3.05, 3.63) is 28.1 Å². The van der Waals surface area contributed by atoms with Gasteiger partial charge >= 0.3 is 0 Å². The van der Waals surface area contributed by atoms with Crippen molar-refractivity contribution < 1.29 is 9.47 Å². The van der Waals surface area contributed by atoms with Gasteiger partial charge in [-0.2, -0.15) is 0 Å². The number of rotatable bonds is 3. The number of nitrogens with zero attached hydrogens (tertiary/aromatic N) is 1. The molecule has 0 bridgehead atoms. The van der Waals surface area contributed by atoms with Crippen LogP contribution in [-0.4, -0.2) is 19.2 Å². The van der Waals surface area contributed by atoms with Crippen molar-refractivity contribution in [2.75, 3.05) is 14.2 Å². The first-order valence-electron chi connectivity index (χ1n) is 4.99. The Labute approximate surface area is 109 Å². The number of ether oxygens (including phenoxy) is 2. The van der Waals surface area contributed by atoms with Crippen molar-refractivity contribution in [1.29, 1.82) is 0 Å². The third kappa shape index (κ3) is 2.37.